The summed E-state index contributed by atoms with van der Waals surface area (Å²) in [5.74, 6) is 0.154. The number of hydrogen-bond donors (Lipinski definition) is 0. The molecule has 0 aliphatic carbocycles. The number of allylic oxidation sites excluding steroid dienone is 1. The Morgan fingerprint density at radius 3 is 2.44 bits per heavy atom. The van der Waals surface area contributed by atoms with Crippen molar-refractivity contribution in [2.24, 2.45) is 0 Å². The smallest absolute Gasteiger partial charge is 0.130 e. The molecule has 0 rings (SSSR count). The zero-order chi connectivity index (χ0) is 7.28. The summed E-state index contributed by atoms with van der Waals surface area (Å²) in [6.07, 6.45) is 2.77. The second-order valence-electron chi connectivity index (χ2n) is 1.73. The highest BCUT2D eigenvalue weighted by Gasteiger charge is 1.89. The quantitative estimate of drug-likeness (QED) is 0.631. The molecule has 0 spiro atoms. The van der Waals surface area contributed by atoms with Crippen LogP contribution in [0.15, 0.2) is 10.6 Å². The number of rotatable bonds is 3. The van der Waals surface area contributed by atoms with Gasteiger partial charge in [-0.25, -0.2) is 0 Å². The first-order valence-electron chi connectivity index (χ1n) is 2.63. The first-order chi connectivity index (χ1) is 4.13. The molecule has 0 unspecified atom stereocenters. The molecule has 0 aromatic carbocycles. The number of Topliss-reactive ketones (excluding diaryl/α,β-unsaturated/α-hetero) is 1. The third-order valence-corrected chi connectivity index (χ3v) is 1.10. The summed E-state index contributed by atoms with van der Waals surface area (Å²) in [4.78, 5) is 10.3. The molecule has 0 aromatic rings. The van der Waals surface area contributed by atoms with E-state index < -0.39 is 0 Å². The van der Waals surface area contributed by atoms with Gasteiger partial charge in [0, 0.05) is 6.42 Å². The fourth-order valence-electron chi connectivity index (χ4n) is 0.385. The lowest BCUT2D eigenvalue weighted by Gasteiger charge is -1.86. The van der Waals surface area contributed by atoms with E-state index in [2.05, 4.69) is 0 Å². The summed E-state index contributed by atoms with van der Waals surface area (Å²) >= 11 is 10.6. The van der Waals surface area contributed by atoms with E-state index in [0.717, 1.165) is 0 Å². The SMILES string of the molecule is CC(=O)CCC=C(Cl)Cl. The fraction of sp³-hybridized carbons (Fsp3) is 0.500. The van der Waals surface area contributed by atoms with Gasteiger partial charge in [0.15, 0.2) is 0 Å². The van der Waals surface area contributed by atoms with Crippen molar-refractivity contribution < 1.29 is 4.79 Å². The molecule has 0 saturated heterocycles. The van der Waals surface area contributed by atoms with Crippen LogP contribution in [0.4, 0.5) is 0 Å². The second-order valence-corrected chi connectivity index (χ2v) is 2.74. The van der Waals surface area contributed by atoms with Gasteiger partial charge in [0.1, 0.15) is 10.3 Å². The highest BCUT2D eigenvalue weighted by Crippen LogP contribution is 2.08. The van der Waals surface area contributed by atoms with Gasteiger partial charge in [0.2, 0.25) is 0 Å². The topological polar surface area (TPSA) is 17.1 Å². The molecule has 0 radical (unpaired) electrons. The van der Waals surface area contributed by atoms with Crippen molar-refractivity contribution in [3.8, 4) is 0 Å². The molecule has 9 heavy (non-hydrogen) atoms. The molecule has 52 valence electrons. The Kier molecular flexibility index (Phi) is 4.83. The van der Waals surface area contributed by atoms with Crippen LogP contribution in [0, 0.1) is 0 Å². The standard InChI is InChI=1S/C6H8Cl2O/c1-5(9)3-2-4-6(7)8/h4H,2-3H2,1H3. The molecular formula is C6H8Cl2O. The van der Waals surface area contributed by atoms with E-state index in [1.807, 2.05) is 0 Å². The van der Waals surface area contributed by atoms with Crippen LogP contribution in [0.2, 0.25) is 0 Å². The maximum absolute atomic E-state index is 10.3. The van der Waals surface area contributed by atoms with Gasteiger partial charge in [0.05, 0.1) is 0 Å². The van der Waals surface area contributed by atoms with Crippen molar-refractivity contribution in [1.82, 2.24) is 0 Å². The number of hydrogen-bond acceptors (Lipinski definition) is 1. The highest BCUT2D eigenvalue weighted by molar-refractivity contribution is 6.55. The summed E-state index contributed by atoms with van der Waals surface area (Å²) < 4.78 is 0.233. The molecular weight excluding hydrogens is 159 g/mol. The predicted octanol–water partition coefficient (Wildman–Crippen LogP) is 2.67. The van der Waals surface area contributed by atoms with Gasteiger partial charge in [-0.3, -0.25) is 0 Å². The van der Waals surface area contributed by atoms with E-state index in [4.69, 9.17) is 23.2 Å². The van der Waals surface area contributed by atoms with Gasteiger partial charge in [-0.1, -0.05) is 29.3 Å². The van der Waals surface area contributed by atoms with E-state index in [-0.39, 0.29) is 10.3 Å². The Hall–Kier alpha value is -0.0100. The Morgan fingerprint density at radius 2 is 2.11 bits per heavy atom. The van der Waals surface area contributed by atoms with Gasteiger partial charge in [-0.05, 0) is 13.3 Å². The molecule has 0 bridgehead atoms. The average molecular weight is 167 g/mol. The largest absolute Gasteiger partial charge is 0.300 e. The van der Waals surface area contributed by atoms with Gasteiger partial charge in [-0.15, -0.1) is 0 Å². The summed E-state index contributed by atoms with van der Waals surface area (Å²) in [6.45, 7) is 1.54. The molecule has 0 amide bonds. The van der Waals surface area contributed by atoms with Gasteiger partial charge in [-0.2, -0.15) is 0 Å². The van der Waals surface area contributed by atoms with Crippen LogP contribution in [0.5, 0.6) is 0 Å². The molecule has 0 atom stereocenters. The maximum atomic E-state index is 10.3. The molecule has 0 N–H and O–H groups in total. The molecule has 0 aliphatic heterocycles. The zero-order valence-electron chi connectivity index (χ0n) is 5.16. The fourth-order valence-corrected chi connectivity index (χ4v) is 0.603. The van der Waals surface area contributed by atoms with Crippen molar-refractivity contribution in [2.75, 3.05) is 0 Å². The molecule has 0 aliphatic rings. The average Bonchev–Trinajstić information content (AvgIpc) is 1.63. The summed E-state index contributed by atoms with van der Waals surface area (Å²) in [5.41, 5.74) is 0. The zero-order valence-corrected chi connectivity index (χ0v) is 6.67. The summed E-state index contributed by atoms with van der Waals surface area (Å²) in [7, 11) is 0. The van der Waals surface area contributed by atoms with E-state index in [1.165, 1.54) is 6.92 Å². The first kappa shape index (κ1) is 8.99. The van der Waals surface area contributed by atoms with Crippen LogP contribution in [-0.2, 0) is 4.79 Å². The van der Waals surface area contributed by atoms with Crippen molar-refractivity contribution in [3.63, 3.8) is 0 Å². The van der Waals surface area contributed by atoms with Crippen LogP contribution < -0.4 is 0 Å². The van der Waals surface area contributed by atoms with E-state index in [1.54, 1.807) is 6.08 Å². The van der Waals surface area contributed by atoms with Crippen molar-refractivity contribution in [2.45, 2.75) is 19.8 Å². The number of halogens is 2. The van der Waals surface area contributed by atoms with Gasteiger partial charge < -0.3 is 4.79 Å². The normalized spacial score (nSPS) is 8.78. The molecule has 0 aromatic heterocycles. The molecule has 0 fully saturated rings. The Bertz CT molecular complexity index is 125. The predicted molar refractivity (Wildman–Crippen MR) is 39.7 cm³/mol. The Balaban J connectivity index is 3.31. The minimum Gasteiger partial charge on any atom is -0.300 e. The van der Waals surface area contributed by atoms with E-state index >= 15 is 0 Å². The third-order valence-electron chi connectivity index (χ3n) is 0.795. The van der Waals surface area contributed by atoms with Crippen LogP contribution in [0.3, 0.4) is 0 Å². The molecule has 0 saturated carbocycles. The second kappa shape index (κ2) is 4.83. The molecule has 0 heterocycles. The Labute approximate surface area is 64.6 Å². The van der Waals surface area contributed by atoms with E-state index in [9.17, 15) is 4.79 Å². The summed E-state index contributed by atoms with van der Waals surface area (Å²) in [6, 6.07) is 0. The maximum Gasteiger partial charge on any atom is 0.130 e. The number of ketones is 1. The molecule has 3 heteroatoms. The van der Waals surface area contributed by atoms with E-state index in [0.29, 0.717) is 12.8 Å². The van der Waals surface area contributed by atoms with Crippen LogP contribution in [0.25, 0.3) is 0 Å². The van der Waals surface area contributed by atoms with Crippen molar-refractivity contribution in [3.05, 3.63) is 10.6 Å². The Morgan fingerprint density at radius 1 is 1.56 bits per heavy atom. The van der Waals surface area contributed by atoms with Gasteiger partial charge >= 0.3 is 0 Å². The minimum absolute atomic E-state index is 0.154. The third kappa shape index (κ3) is 7.99. The highest BCUT2D eigenvalue weighted by atomic mass is 35.5. The molecule has 1 nitrogen and oxygen atoms in total. The van der Waals surface area contributed by atoms with Crippen LogP contribution >= 0.6 is 23.2 Å². The monoisotopic (exact) mass is 166 g/mol. The van der Waals surface area contributed by atoms with Crippen molar-refractivity contribution >= 4 is 29.0 Å². The first-order valence-corrected chi connectivity index (χ1v) is 3.39. The number of carbonyl (C=O) groups excluding carboxylic acids is 1. The van der Waals surface area contributed by atoms with Crippen LogP contribution in [-0.4, -0.2) is 5.78 Å². The number of carbonyl (C=O) groups is 1. The lowest BCUT2D eigenvalue weighted by Crippen LogP contribution is -1.86. The van der Waals surface area contributed by atoms with Crippen LogP contribution in [0.1, 0.15) is 19.8 Å². The van der Waals surface area contributed by atoms with Gasteiger partial charge in [0.25, 0.3) is 0 Å². The lowest BCUT2D eigenvalue weighted by molar-refractivity contribution is -0.116. The minimum atomic E-state index is 0.154. The summed E-state index contributed by atoms with van der Waals surface area (Å²) in [5, 5.41) is 0. The lowest BCUT2D eigenvalue weighted by atomic mass is 10.2. The van der Waals surface area contributed by atoms with Crippen molar-refractivity contribution in [1.29, 1.82) is 0 Å².